The number of aromatic nitrogens is 1. The molecule has 0 unspecified atom stereocenters. The zero-order valence-corrected chi connectivity index (χ0v) is 19.3. The lowest BCUT2D eigenvalue weighted by Gasteiger charge is -2.08. The zero-order chi connectivity index (χ0) is 21.7. The standard InChI is InChI=1S/C29H37NO/c1-3-5-6-7-8-22-31-28-20-21-29(30-23-28)27-18-16-26(17-19-27)15-14-25-12-10-24(9-4-2)11-13-25/h10-13,16-21,23H,3-9,14-15,22H2,1-2H3. The zero-order valence-electron chi connectivity index (χ0n) is 19.3. The molecule has 2 aromatic carbocycles. The number of aryl methyl sites for hydroxylation is 3. The minimum Gasteiger partial charge on any atom is -0.492 e. The SMILES string of the molecule is CCCCCCCOc1ccc(-c2ccc(CCc3ccc(CCC)cc3)cc2)nc1. The number of ether oxygens (including phenoxy) is 1. The van der Waals surface area contributed by atoms with Gasteiger partial charge in [0, 0.05) is 5.56 Å². The highest BCUT2D eigenvalue weighted by atomic mass is 16.5. The molecule has 0 amide bonds. The van der Waals surface area contributed by atoms with Gasteiger partial charge >= 0.3 is 0 Å². The molecule has 2 nitrogen and oxygen atoms in total. The third-order valence-corrected chi connectivity index (χ3v) is 5.77. The number of hydrogen-bond donors (Lipinski definition) is 0. The molecule has 0 aliphatic rings. The second-order valence-electron chi connectivity index (χ2n) is 8.41. The Morgan fingerprint density at radius 2 is 1.23 bits per heavy atom. The van der Waals surface area contributed by atoms with E-state index in [9.17, 15) is 0 Å². The molecule has 0 fully saturated rings. The summed E-state index contributed by atoms with van der Waals surface area (Å²) in [6.45, 7) is 5.25. The summed E-state index contributed by atoms with van der Waals surface area (Å²) in [5.41, 5.74) is 6.36. The van der Waals surface area contributed by atoms with Gasteiger partial charge in [0.1, 0.15) is 5.75 Å². The molecule has 0 spiro atoms. The Hall–Kier alpha value is -2.61. The highest BCUT2D eigenvalue weighted by molar-refractivity contribution is 5.59. The van der Waals surface area contributed by atoms with Crippen LogP contribution in [-0.4, -0.2) is 11.6 Å². The van der Waals surface area contributed by atoms with E-state index in [-0.39, 0.29) is 0 Å². The maximum atomic E-state index is 5.83. The number of hydrogen-bond acceptors (Lipinski definition) is 2. The predicted molar refractivity (Wildman–Crippen MR) is 132 cm³/mol. The number of nitrogens with zero attached hydrogens (tertiary/aromatic N) is 1. The summed E-state index contributed by atoms with van der Waals surface area (Å²) in [6, 6.07) is 22.0. The number of benzene rings is 2. The van der Waals surface area contributed by atoms with Crippen LogP contribution in [0.1, 0.15) is 69.1 Å². The van der Waals surface area contributed by atoms with E-state index in [4.69, 9.17) is 4.74 Å². The van der Waals surface area contributed by atoms with E-state index in [1.807, 2.05) is 12.3 Å². The molecule has 0 saturated carbocycles. The van der Waals surface area contributed by atoms with Crippen LogP contribution in [0.5, 0.6) is 5.75 Å². The Morgan fingerprint density at radius 1 is 0.613 bits per heavy atom. The summed E-state index contributed by atoms with van der Waals surface area (Å²) < 4.78 is 5.83. The third kappa shape index (κ3) is 7.86. The molecule has 0 bridgehead atoms. The third-order valence-electron chi connectivity index (χ3n) is 5.77. The Kier molecular flexibility index (Phi) is 9.63. The molecule has 164 valence electrons. The summed E-state index contributed by atoms with van der Waals surface area (Å²) in [7, 11) is 0. The maximum absolute atomic E-state index is 5.83. The van der Waals surface area contributed by atoms with Crippen LogP contribution in [0, 0.1) is 0 Å². The largest absolute Gasteiger partial charge is 0.492 e. The van der Waals surface area contributed by atoms with Crippen molar-refractivity contribution in [3.05, 3.63) is 83.6 Å². The van der Waals surface area contributed by atoms with Crippen LogP contribution in [-0.2, 0) is 19.3 Å². The second-order valence-corrected chi connectivity index (χ2v) is 8.41. The summed E-state index contributed by atoms with van der Waals surface area (Å²) in [5, 5.41) is 0. The molecule has 31 heavy (non-hydrogen) atoms. The lowest BCUT2D eigenvalue weighted by molar-refractivity contribution is 0.303. The van der Waals surface area contributed by atoms with E-state index in [1.165, 1.54) is 55.2 Å². The fraction of sp³-hybridized carbons (Fsp3) is 0.414. The van der Waals surface area contributed by atoms with E-state index < -0.39 is 0 Å². The second kappa shape index (κ2) is 12.9. The average molecular weight is 416 g/mol. The van der Waals surface area contributed by atoms with Crippen LogP contribution < -0.4 is 4.74 Å². The van der Waals surface area contributed by atoms with E-state index in [0.29, 0.717) is 0 Å². The van der Waals surface area contributed by atoms with Crippen molar-refractivity contribution in [3.63, 3.8) is 0 Å². The summed E-state index contributed by atoms with van der Waals surface area (Å²) >= 11 is 0. The molecule has 0 aliphatic heterocycles. The van der Waals surface area contributed by atoms with E-state index >= 15 is 0 Å². The minimum atomic E-state index is 0.779. The molecule has 3 rings (SSSR count). The van der Waals surface area contributed by atoms with Gasteiger partial charge in [0.15, 0.2) is 0 Å². The van der Waals surface area contributed by atoms with E-state index in [0.717, 1.165) is 42.9 Å². The smallest absolute Gasteiger partial charge is 0.137 e. The average Bonchev–Trinajstić information content (AvgIpc) is 2.82. The molecular formula is C29H37NO. The van der Waals surface area contributed by atoms with Gasteiger partial charge in [0.2, 0.25) is 0 Å². The monoisotopic (exact) mass is 415 g/mol. The van der Waals surface area contributed by atoms with Gasteiger partial charge in [-0.1, -0.05) is 94.5 Å². The lowest BCUT2D eigenvalue weighted by Crippen LogP contribution is -1.98. The molecular weight excluding hydrogens is 378 g/mol. The van der Waals surface area contributed by atoms with Crippen molar-refractivity contribution in [3.8, 4) is 17.0 Å². The van der Waals surface area contributed by atoms with Crippen molar-refractivity contribution < 1.29 is 4.74 Å². The van der Waals surface area contributed by atoms with Crippen LogP contribution in [0.3, 0.4) is 0 Å². The van der Waals surface area contributed by atoms with Crippen molar-refractivity contribution in [1.82, 2.24) is 4.98 Å². The highest BCUT2D eigenvalue weighted by Gasteiger charge is 2.03. The number of pyridine rings is 1. The van der Waals surface area contributed by atoms with Crippen LogP contribution in [0.2, 0.25) is 0 Å². The normalized spacial score (nSPS) is 10.9. The van der Waals surface area contributed by atoms with Gasteiger partial charge in [0.05, 0.1) is 18.5 Å². The maximum Gasteiger partial charge on any atom is 0.137 e. The Morgan fingerprint density at radius 3 is 1.81 bits per heavy atom. The topological polar surface area (TPSA) is 22.1 Å². The van der Waals surface area contributed by atoms with Crippen LogP contribution >= 0.6 is 0 Å². The first kappa shape index (κ1) is 23.1. The fourth-order valence-corrected chi connectivity index (χ4v) is 3.82. The molecule has 1 aromatic heterocycles. The number of rotatable bonds is 13. The Labute approximate surface area is 188 Å². The molecule has 0 radical (unpaired) electrons. The van der Waals surface area contributed by atoms with Gasteiger partial charge < -0.3 is 4.74 Å². The van der Waals surface area contributed by atoms with Crippen molar-refractivity contribution in [2.75, 3.05) is 6.61 Å². The van der Waals surface area contributed by atoms with Crippen molar-refractivity contribution in [1.29, 1.82) is 0 Å². The van der Waals surface area contributed by atoms with Gasteiger partial charge in [-0.2, -0.15) is 0 Å². The predicted octanol–water partition coefficient (Wildman–Crippen LogP) is 7.84. The first-order valence-electron chi connectivity index (χ1n) is 12.0. The Bertz CT molecular complexity index is 866. The van der Waals surface area contributed by atoms with E-state index in [1.54, 1.807) is 0 Å². The van der Waals surface area contributed by atoms with Crippen molar-refractivity contribution in [2.45, 2.75) is 71.6 Å². The molecule has 2 heteroatoms. The van der Waals surface area contributed by atoms with Crippen molar-refractivity contribution >= 4 is 0 Å². The first-order valence-corrected chi connectivity index (χ1v) is 12.0. The van der Waals surface area contributed by atoms with E-state index in [2.05, 4.69) is 73.4 Å². The molecule has 0 N–H and O–H groups in total. The molecule has 0 saturated heterocycles. The summed E-state index contributed by atoms with van der Waals surface area (Å²) in [5.74, 6) is 0.862. The van der Waals surface area contributed by atoms with Gasteiger partial charge in [-0.05, 0) is 54.5 Å². The summed E-state index contributed by atoms with van der Waals surface area (Å²) in [4.78, 5) is 4.60. The lowest BCUT2D eigenvalue weighted by atomic mass is 10.0. The van der Waals surface area contributed by atoms with Crippen LogP contribution in [0.4, 0.5) is 0 Å². The van der Waals surface area contributed by atoms with Gasteiger partial charge in [-0.15, -0.1) is 0 Å². The Balaban J connectivity index is 1.45. The van der Waals surface area contributed by atoms with Crippen LogP contribution in [0.25, 0.3) is 11.3 Å². The van der Waals surface area contributed by atoms with Crippen LogP contribution in [0.15, 0.2) is 66.9 Å². The molecule has 0 aliphatic carbocycles. The highest BCUT2D eigenvalue weighted by Crippen LogP contribution is 2.21. The fourth-order valence-electron chi connectivity index (χ4n) is 3.82. The molecule has 1 heterocycles. The quantitative estimate of drug-likeness (QED) is 0.265. The van der Waals surface area contributed by atoms with Gasteiger partial charge in [-0.3, -0.25) is 4.98 Å². The van der Waals surface area contributed by atoms with Gasteiger partial charge in [0.25, 0.3) is 0 Å². The van der Waals surface area contributed by atoms with Gasteiger partial charge in [-0.25, -0.2) is 0 Å². The molecule has 3 aromatic rings. The summed E-state index contributed by atoms with van der Waals surface area (Å²) in [6.07, 6.45) is 12.6. The minimum absolute atomic E-state index is 0.779. The molecule has 0 atom stereocenters. The number of unbranched alkanes of at least 4 members (excludes halogenated alkanes) is 4. The first-order chi connectivity index (χ1) is 15.3. The van der Waals surface area contributed by atoms with Crippen molar-refractivity contribution in [2.24, 2.45) is 0 Å².